The number of allylic oxidation sites excluding steroid dienone is 2. The van der Waals surface area contributed by atoms with E-state index in [1.165, 1.54) is 11.7 Å². The number of hydrogen-bond donors (Lipinski definition) is 0. The first-order chi connectivity index (χ1) is 12.6. The van der Waals surface area contributed by atoms with Crippen molar-refractivity contribution >= 4 is 51.3 Å². The Kier molecular flexibility index (Phi) is 15.4. The predicted octanol–water partition coefficient (Wildman–Crippen LogP) is 5.49. The van der Waals surface area contributed by atoms with Crippen molar-refractivity contribution in [2.45, 2.75) is 25.8 Å². The Morgan fingerprint density at radius 2 is 1.88 bits per heavy atom. The Morgan fingerprint density at radius 1 is 1.27 bits per heavy atom. The fourth-order valence-corrected chi connectivity index (χ4v) is 2.46. The van der Waals surface area contributed by atoms with Gasteiger partial charge in [-0.3, -0.25) is 4.99 Å². The van der Waals surface area contributed by atoms with Crippen molar-refractivity contribution in [3.8, 4) is 0 Å². The number of benzene rings is 1. The van der Waals surface area contributed by atoms with Gasteiger partial charge in [0, 0.05) is 23.4 Å². The van der Waals surface area contributed by atoms with Crippen LogP contribution in [-0.2, 0) is 4.70 Å². The van der Waals surface area contributed by atoms with Gasteiger partial charge in [-0.15, -0.1) is 0 Å². The van der Waals surface area contributed by atoms with Gasteiger partial charge in [-0.25, -0.2) is 0 Å². The van der Waals surface area contributed by atoms with Gasteiger partial charge in [0.1, 0.15) is 0 Å². The summed E-state index contributed by atoms with van der Waals surface area (Å²) in [6.45, 7) is 8.57. The normalized spacial score (nSPS) is 20.8. The van der Waals surface area contributed by atoms with Crippen molar-refractivity contribution < 1.29 is 4.70 Å². The Morgan fingerprint density at radius 3 is 2.31 bits per heavy atom. The summed E-state index contributed by atoms with van der Waals surface area (Å²) >= 11 is 6.49. The molecule has 1 aliphatic carbocycles. The van der Waals surface area contributed by atoms with Crippen molar-refractivity contribution in [3.63, 3.8) is 0 Å². The standard InChI is InChI=1S/C9H11N.C7H10BNO.C4H6Br2/c1-2-10-8-9-6-4-3-5-7-9;1-3-6-4-7(6,2)9-5-8-10;5-3-1-2-4-6/h3-8H,2H2,1H3;3,5-6H,1,4H2,2H3;1-2H,3-4H2/b;;2-1+. The van der Waals surface area contributed by atoms with Gasteiger partial charge < -0.3 is 0 Å². The third kappa shape index (κ3) is 12.3. The molecule has 0 heterocycles. The monoisotopic (exact) mass is 480 g/mol. The van der Waals surface area contributed by atoms with Crippen LogP contribution in [0.5, 0.6) is 0 Å². The summed E-state index contributed by atoms with van der Waals surface area (Å²) < 4.78 is 9.90. The van der Waals surface area contributed by atoms with Gasteiger partial charge in [0.2, 0.25) is 0 Å². The molecule has 0 saturated heterocycles. The number of nitrogens with zero attached hydrogens (tertiary/aromatic N) is 2. The Hall–Kier alpha value is -1.14. The number of rotatable bonds is 7. The molecular formula is C20H27BBr2N2O. The Labute approximate surface area is 175 Å². The van der Waals surface area contributed by atoms with Crippen LogP contribution in [0.25, 0.3) is 0 Å². The van der Waals surface area contributed by atoms with Gasteiger partial charge in [0.25, 0.3) is 0 Å². The van der Waals surface area contributed by atoms with E-state index in [-0.39, 0.29) is 5.54 Å². The molecule has 6 heteroatoms. The number of alkyl halides is 2. The van der Waals surface area contributed by atoms with Gasteiger partial charge in [-0.2, -0.15) is 0 Å². The molecule has 0 aromatic heterocycles. The van der Waals surface area contributed by atoms with Crippen LogP contribution in [0.2, 0.25) is 0 Å². The van der Waals surface area contributed by atoms with E-state index in [4.69, 9.17) is 0 Å². The minimum Gasteiger partial charge on any atom is -0.293 e. The molecule has 2 atom stereocenters. The molecule has 0 radical (unpaired) electrons. The molecule has 1 aromatic rings. The molecule has 1 aromatic carbocycles. The molecule has 2 rings (SSSR count). The summed E-state index contributed by atoms with van der Waals surface area (Å²) in [5, 5.41) is 1.91. The van der Waals surface area contributed by atoms with Crippen LogP contribution in [0.4, 0.5) is 0 Å². The zero-order valence-electron chi connectivity index (χ0n) is 15.5. The second-order valence-corrected chi connectivity index (χ2v) is 6.93. The maximum atomic E-state index is 9.90. The number of halogens is 2. The largest absolute Gasteiger partial charge is 0.293 e. The van der Waals surface area contributed by atoms with E-state index in [2.05, 4.69) is 60.6 Å². The number of aliphatic imine (C=N–C) groups is 2. The van der Waals surface area contributed by atoms with Crippen molar-refractivity contribution in [2.24, 2.45) is 15.9 Å². The zero-order chi connectivity index (χ0) is 19.7. The third-order valence-corrected chi connectivity index (χ3v) is 4.30. The fraction of sp³-hybridized carbons (Fsp3) is 0.400. The molecule has 26 heavy (non-hydrogen) atoms. The predicted molar refractivity (Wildman–Crippen MR) is 123 cm³/mol. The molecule has 0 N–H and O–H groups in total. The van der Waals surface area contributed by atoms with E-state index in [9.17, 15) is 4.70 Å². The average Bonchev–Trinajstić information content (AvgIpc) is 3.35. The van der Waals surface area contributed by atoms with Gasteiger partial charge in [-0.05, 0) is 12.5 Å². The Bertz CT molecular complexity index is 585. The first-order valence-corrected chi connectivity index (χ1v) is 10.8. The summed E-state index contributed by atoms with van der Waals surface area (Å²) in [5.74, 6) is 0.476. The molecule has 1 fully saturated rings. The molecule has 140 valence electrons. The summed E-state index contributed by atoms with van der Waals surface area (Å²) in [7, 11) is 0.712. The van der Waals surface area contributed by atoms with E-state index in [0.29, 0.717) is 13.1 Å². The van der Waals surface area contributed by atoms with Crippen LogP contribution in [0.3, 0.4) is 0 Å². The third-order valence-electron chi connectivity index (χ3n) is 3.55. The van der Waals surface area contributed by atoms with Crippen LogP contribution >= 0.6 is 31.9 Å². The maximum Gasteiger partial charge on any atom is 0.0361 e. The zero-order valence-corrected chi connectivity index (χ0v) is 18.7. The van der Waals surface area contributed by atoms with Crippen LogP contribution < -0.4 is 0 Å². The Balaban J connectivity index is 0.000000375. The minimum atomic E-state index is -0.0112. The van der Waals surface area contributed by atoms with Crippen molar-refractivity contribution in [3.05, 3.63) is 60.7 Å². The van der Waals surface area contributed by atoms with Crippen molar-refractivity contribution in [1.82, 2.24) is 0 Å². The molecule has 0 amide bonds. The maximum absolute atomic E-state index is 9.90. The number of hydrogen-bond acceptors (Lipinski definition) is 3. The quantitative estimate of drug-likeness (QED) is 0.220. The van der Waals surface area contributed by atoms with Gasteiger partial charge >= 0.3 is 60.4 Å². The SMILES string of the molecule is BrC/C=C/CBr.C=CC1CC1(C)N=CB=O.CCN=Cc1ccccc1. The summed E-state index contributed by atoms with van der Waals surface area (Å²) in [6.07, 6.45) is 10.2. The van der Waals surface area contributed by atoms with E-state index in [1.807, 2.05) is 56.5 Å². The van der Waals surface area contributed by atoms with Crippen LogP contribution in [0.15, 0.2) is 65.1 Å². The summed E-state index contributed by atoms with van der Waals surface area (Å²) in [6, 6.07) is 10.1. The summed E-state index contributed by atoms with van der Waals surface area (Å²) in [4.78, 5) is 8.19. The van der Waals surface area contributed by atoms with E-state index >= 15 is 0 Å². The molecule has 0 aliphatic heterocycles. The van der Waals surface area contributed by atoms with E-state index in [1.54, 1.807) is 0 Å². The fourth-order valence-electron chi connectivity index (χ4n) is 1.93. The van der Waals surface area contributed by atoms with Gasteiger partial charge in [0.05, 0.1) is 0 Å². The average molecular weight is 482 g/mol. The van der Waals surface area contributed by atoms with Gasteiger partial charge in [-0.1, -0.05) is 74.3 Å². The van der Waals surface area contributed by atoms with Crippen molar-refractivity contribution in [2.75, 3.05) is 17.2 Å². The van der Waals surface area contributed by atoms with E-state index < -0.39 is 0 Å². The van der Waals surface area contributed by atoms with Gasteiger partial charge in [0.15, 0.2) is 0 Å². The summed E-state index contributed by atoms with van der Waals surface area (Å²) in [5.41, 5.74) is 1.16. The van der Waals surface area contributed by atoms with Crippen LogP contribution in [0.1, 0.15) is 25.8 Å². The molecule has 0 bridgehead atoms. The topological polar surface area (TPSA) is 41.8 Å². The molecule has 0 spiro atoms. The van der Waals surface area contributed by atoms with Crippen molar-refractivity contribution in [1.29, 1.82) is 0 Å². The first kappa shape index (κ1) is 24.9. The second kappa shape index (κ2) is 16.1. The van der Waals surface area contributed by atoms with Crippen LogP contribution in [0, 0.1) is 5.92 Å². The first-order valence-electron chi connectivity index (χ1n) is 8.51. The molecule has 1 saturated carbocycles. The van der Waals surface area contributed by atoms with E-state index in [0.717, 1.165) is 23.6 Å². The van der Waals surface area contributed by atoms with Crippen LogP contribution in [-0.4, -0.2) is 42.2 Å². The second-order valence-electron chi connectivity index (χ2n) is 5.64. The minimum absolute atomic E-state index is 0.0112. The molecule has 1 aliphatic rings. The molecule has 3 nitrogen and oxygen atoms in total. The molecular weight excluding hydrogens is 455 g/mol. The smallest absolute Gasteiger partial charge is 0.0361 e. The molecule has 2 unspecified atom stereocenters.